The van der Waals surface area contributed by atoms with Gasteiger partial charge < -0.3 is 10.1 Å². The average molecular weight is 329 g/mol. The van der Waals surface area contributed by atoms with E-state index in [1.54, 1.807) is 13.2 Å². The molecule has 1 amide bonds. The van der Waals surface area contributed by atoms with Crippen molar-refractivity contribution in [3.63, 3.8) is 0 Å². The number of benzene rings is 1. The summed E-state index contributed by atoms with van der Waals surface area (Å²) in [6, 6.07) is 9.60. The molecule has 1 aromatic heterocycles. The predicted molar refractivity (Wildman–Crippen MR) is 91.6 cm³/mol. The number of ether oxygens (including phenoxy) is 1. The highest BCUT2D eigenvalue weighted by Crippen LogP contribution is 2.26. The van der Waals surface area contributed by atoms with Crippen molar-refractivity contribution in [1.29, 1.82) is 5.26 Å². The molecule has 0 saturated heterocycles. The zero-order chi connectivity index (χ0) is 16.8. The molecule has 0 aliphatic carbocycles. The number of hydrogen-bond acceptors (Lipinski definition) is 5. The maximum absolute atomic E-state index is 11.9. The van der Waals surface area contributed by atoms with Gasteiger partial charge in [-0.2, -0.15) is 5.26 Å². The van der Waals surface area contributed by atoms with E-state index in [9.17, 15) is 10.1 Å². The first kappa shape index (κ1) is 17.1. The predicted octanol–water partition coefficient (Wildman–Crippen LogP) is 3.12. The Hall–Kier alpha value is -2.26. The Morgan fingerprint density at radius 3 is 2.91 bits per heavy atom. The summed E-state index contributed by atoms with van der Waals surface area (Å²) in [5.41, 5.74) is 1.22. The van der Waals surface area contributed by atoms with Gasteiger partial charge >= 0.3 is 0 Å². The lowest BCUT2D eigenvalue weighted by molar-refractivity contribution is -0.119. The van der Waals surface area contributed by atoms with Crippen molar-refractivity contribution >= 4 is 28.6 Å². The lowest BCUT2D eigenvalue weighted by Crippen LogP contribution is -2.33. The SMILES string of the molecule is CCC(C)NC(=O)CSc1nc2cc(OC)ccc2cc1C#N. The van der Waals surface area contributed by atoms with E-state index in [2.05, 4.69) is 16.4 Å². The number of pyridine rings is 1. The fraction of sp³-hybridized carbons (Fsp3) is 0.353. The van der Waals surface area contributed by atoms with Gasteiger partial charge in [-0.25, -0.2) is 4.98 Å². The fourth-order valence-electron chi connectivity index (χ4n) is 2.00. The third kappa shape index (κ3) is 4.36. The molecule has 0 bridgehead atoms. The standard InChI is InChI=1S/C17H19N3O2S/c1-4-11(2)19-16(21)10-23-17-13(9-18)7-12-5-6-14(22-3)8-15(12)20-17/h5-8,11H,4,10H2,1-3H3,(H,19,21). The lowest BCUT2D eigenvalue weighted by atomic mass is 10.1. The molecule has 23 heavy (non-hydrogen) atoms. The zero-order valence-electron chi connectivity index (χ0n) is 13.4. The molecule has 1 aromatic carbocycles. The first-order valence-electron chi connectivity index (χ1n) is 7.38. The number of carbonyl (C=O) groups excluding carboxylic acids is 1. The van der Waals surface area contributed by atoms with Gasteiger partial charge in [0.25, 0.3) is 0 Å². The molecule has 120 valence electrons. The van der Waals surface area contributed by atoms with Gasteiger partial charge in [-0.1, -0.05) is 18.7 Å². The van der Waals surface area contributed by atoms with Gasteiger partial charge in [0, 0.05) is 17.5 Å². The van der Waals surface area contributed by atoms with Crippen LogP contribution in [0.3, 0.4) is 0 Å². The minimum absolute atomic E-state index is 0.0548. The molecule has 0 fully saturated rings. The molecular weight excluding hydrogens is 310 g/mol. The molecule has 5 nitrogen and oxygen atoms in total. The number of nitriles is 1. The van der Waals surface area contributed by atoms with E-state index in [1.807, 2.05) is 32.0 Å². The van der Waals surface area contributed by atoms with Crippen LogP contribution in [0, 0.1) is 11.3 Å². The summed E-state index contributed by atoms with van der Waals surface area (Å²) >= 11 is 1.27. The summed E-state index contributed by atoms with van der Waals surface area (Å²) in [5.74, 6) is 0.891. The normalized spacial score (nSPS) is 11.7. The van der Waals surface area contributed by atoms with Crippen LogP contribution < -0.4 is 10.1 Å². The number of nitrogens with one attached hydrogen (secondary N) is 1. The summed E-state index contributed by atoms with van der Waals surface area (Å²) in [6.45, 7) is 3.98. The van der Waals surface area contributed by atoms with E-state index in [-0.39, 0.29) is 17.7 Å². The highest BCUT2D eigenvalue weighted by atomic mass is 32.2. The maximum atomic E-state index is 11.9. The van der Waals surface area contributed by atoms with Gasteiger partial charge in [-0.05, 0) is 31.5 Å². The first-order valence-corrected chi connectivity index (χ1v) is 8.37. The van der Waals surface area contributed by atoms with Crippen LogP contribution in [0.4, 0.5) is 0 Å². The maximum Gasteiger partial charge on any atom is 0.230 e. The number of fused-ring (bicyclic) bond motifs is 1. The fourth-order valence-corrected chi connectivity index (χ4v) is 2.77. The second kappa shape index (κ2) is 7.84. The van der Waals surface area contributed by atoms with Crippen molar-refractivity contribution in [3.8, 4) is 11.8 Å². The van der Waals surface area contributed by atoms with Crippen LogP contribution in [-0.2, 0) is 4.79 Å². The number of nitrogens with zero attached hydrogens (tertiary/aromatic N) is 2. The number of aromatic nitrogens is 1. The van der Waals surface area contributed by atoms with E-state index < -0.39 is 0 Å². The van der Waals surface area contributed by atoms with Crippen LogP contribution in [0.25, 0.3) is 10.9 Å². The van der Waals surface area contributed by atoms with Gasteiger partial charge in [-0.15, -0.1) is 0 Å². The third-order valence-electron chi connectivity index (χ3n) is 3.47. The van der Waals surface area contributed by atoms with Crippen LogP contribution in [0.15, 0.2) is 29.3 Å². The molecule has 0 aliphatic rings. The molecule has 0 spiro atoms. The molecule has 0 aliphatic heterocycles. The number of methoxy groups -OCH3 is 1. The minimum Gasteiger partial charge on any atom is -0.497 e. The van der Waals surface area contributed by atoms with Crippen molar-refractivity contribution in [1.82, 2.24) is 10.3 Å². The molecule has 0 saturated carbocycles. The van der Waals surface area contributed by atoms with Crippen molar-refractivity contribution in [3.05, 3.63) is 29.8 Å². The summed E-state index contributed by atoms with van der Waals surface area (Å²) in [5, 5.41) is 13.6. The highest BCUT2D eigenvalue weighted by molar-refractivity contribution is 8.00. The number of rotatable bonds is 6. The molecular formula is C17H19N3O2S. The van der Waals surface area contributed by atoms with Crippen LogP contribution in [0.1, 0.15) is 25.8 Å². The van der Waals surface area contributed by atoms with E-state index in [4.69, 9.17) is 4.74 Å². The molecule has 6 heteroatoms. The Bertz CT molecular complexity index is 755. The van der Waals surface area contributed by atoms with Crippen molar-refractivity contribution in [2.24, 2.45) is 0 Å². The zero-order valence-corrected chi connectivity index (χ0v) is 14.2. The Balaban J connectivity index is 2.21. The monoisotopic (exact) mass is 329 g/mol. The smallest absolute Gasteiger partial charge is 0.230 e. The second-order valence-corrected chi connectivity index (χ2v) is 6.14. The molecule has 1 N–H and O–H groups in total. The Morgan fingerprint density at radius 1 is 1.48 bits per heavy atom. The molecule has 2 rings (SSSR count). The van der Waals surface area contributed by atoms with Crippen LogP contribution in [-0.4, -0.2) is 29.8 Å². The van der Waals surface area contributed by atoms with Crippen LogP contribution in [0.2, 0.25) is 0 Å². The summed E-state index contributed by atoms with van der Waals surface area (Å²) in [4.78, 5) is 16.4. The third-order valence-corrected chi connectivity index (χ3v) is 4.46. The van der Waals surface area contributed by atoms with Gasteiger partial charge in [0.2, 0.25) is 5.91 Å². The van der Waals surface area contributed by atoms with Crippen molar-refractivity contribution in [2.45, 2.75) is 31.3 Å². The quantitative estimate of drug-likeness (QED) is 0.824. The number of carbonyl (C=O) groups is 1. The molecule has 0 radical (unpaired) electrons. The summed E-state index contributed by atoms with van der Waals surface area (Å²) < 4.78 is 5.20. The first-order chi connectivity index (χ1) is 11.1. The van der Waals surface area contributed by atoms with E-state index in [0.29, 0.717) is 16.3 Å². The van der Waals surface area contributed by atoms with Gasteiger partial charge in [-0.3, -0.25) is 4.79 Å². The topological polar surface area (TPSA) is 75.0 Å². The summed E-state index contributed by atoms with van der Waals surface area (Å²) in [6.07, 6.45) is 0.883. The largest absolute Gasteiger partial charge is 0.497 e. The Kier molecular flexibility index (Phi) is 5.83. The second-order valence-electron chi connectivity index (χ2n) is 5.18. The van der Waals surface area contributed by atoms with Crippen molar-refractivity contribution in [2.75, 3.05) is 12.9 Å². The van der Waals surface area contributed by atoms with Crippen LogP contribution >= 0.6 is 11.8 Å². The van der Waals surface area contributed by atoms with E-state index in [0.717, 1.165) is 17.3 Å². The Morgan fingerprint density at radius 2 is 2.26 bits per heavy atom. The van der Waals surface area contributed by atoms with Gasteiger partial charge in [0.15, 0.2) is 0 Å². The molecule has 1 atom stereocenters. The Labute approximate surface area is 140 Å². The van der Waals surface area contributed by atoms with Gasteiger partial charge in [0.05, 0.1) is 23.9 Å². The highest BCUT2D eigenvalue weighted by Gasteiger charge is 2.12. The molecule has 1 unspecified atom stereocenters. The van der Waals surface area contributed by atoms with E-state index in [1.165, 1.54) is 11.8 Å². The van der Waals surface area contributed by atoms with E-state index >= 15 is 0 Å². The van der Waals surface area contributed by atoms with Gasteiger partial charge in [0.1, 0.15) is 16.8 Å². The summed E-state index contributed by atoms with van der Waals surface area (Å²) in [7, 11) is 1.60. The van der Waals surface area contributed by atoms with Crippen molar-refractivity contribution < 1.29 is 9.53 Å². The van der Waals surface area contributed by atoms with Crippen LogP contribution in [0.5, 0.6) is 5.75 Å². The molecule has 2 aromatic rings. The molecule has 1 heterocycles. The average Bonchev–Trinajstić information content (AvgIpc) is 2.58. The number of thioether (sulfide) groups is 1. The minimum atomic E-state index is -0.0548. The number of hydrogen-bond donors (Lipinski definition) is 1. The number of amides is 1. The lowest BCUT2D eigenvalue weighted by Gasteiger charge is -2.11.